The van der Waals surface area contributed by atoms with Gasteiger partial charge in [-0.05, 0) is 31.9 Å². The van der Waals surface area contributed by atoms with Crippen molar-refractivity contribution in [2.24, 2.45) is 4.99 Å². The van der Waals surface area contributed by atoms with Crippen LogP contribution in [0.4, 0.5) is 13.2 Å². The fourth-order valence-electron chi connectivity index (χ4n) is 3.19. The summed E-state index contributed by atoms with van der Waals surface area (Å²) in [7, 11) is 1.71. The summed E-state index contributed by atoms with van der Waals surface area (Å²) in [5.74, 6) is 0.714. The van der Waals surface area contributed by atoms with Gasteiger partial charge in [0.1, 0.15) is 0 Å². The quantitative estimate of drug-likeness (QED) is 0.608. The monoisotopic (exact) mass is 338 g/mol. The third kappa shape index (κ3) is 5.53. The number of aliphatic imine (C=N–C) groups is 1. The molecule has 2 aliphatic rings. The van der Waals surface area contributed by atoms with Gasteiger partial charge in [-0.1, -0.05) is 0 Å². The lowest BCUT2D eigenvalue weighted by Gasteiger charge is -2.22. The van der Waals surface area contributed by atoms with Gasteiger partial charge in [-0.2, -0.15) is 24.9 Å². The molecule has 8 heteroatoms. The lowest BCUT2D eigenvalue weighted by Crippen LogP contribution is -2.48. The van der Waals surface area contributed by atoms with E-state index in [1.165, 1.54) is 11.3 Å². The van der Waals surface area contributed by atoms with Gasteiger partial charge < -0.3 is 10.6 Å². The molecular formula is C14H25F3N4S. The fraction of sp³-hybridized carbons (Fsp3) is 0.929. The maximum atomic E-state index is 12.4. The van der Waals surface area contributed by atoms with Crippen LogP contribution >= 0.6 is 11.8 Å². The molecule has 0 aromatic rings. The van der Waals surface area contributed by atoms with Crippen molar-refractivity contribution in [2.45, 2.75) is 49.2 Å². The van der Waals surface area contributed by atoms with Gasteiger partial charge in [0.05, 0.1) is 6.54 Å². The number of nitrogens with one attached hydrogen (secondary N) is 2. The third-order valence-corrected chi connectivity index (χ3v) is 5.39. The van der Waals surface area contributed by atoms with Gasteiger partial charge in [-0.15, -0.1) is 0 Å². The van der Waals surface area contributed by atoms with E-state index in [1.807, 2.05) is 11.8 Å². The lowest BCUT2D eigenvalue weighted by atomic mass is 10.2. The summed E-state index contributed by atoms with van der Waals surface area (Å²) in [5, 5.41) is 7.37. The molecule has 1 saturated carbocycles. The summed E-state index contributed by atoms with van der Waals surface area (Å²) >= 11 is 1.90. The Balaban J connectivity index is 1.75. The second-order valence-corrected chi connectivity index (χ2v) is 7.20. The molecule has 2 N–H and O–H groups in total. The molecule has 0 bridgehead atoms. The van der Waals surface area contributed by atoms with Gasteiger partial charge >= 0.3 is 6.18 Å². The fourth-order valence-corrected chi connectivity index (χ4v) is 3.99. The second-order valence-electron chi connectivity index (χ2n) is 6.06. The Hall–Kier alpha value is -0.630. The molecule has 128 valence electrons. The van der Waals surface area contributed by atoms with E-state index in [1.54, 1.807) is 7.05 Å². The molecule has 22 heavy (non-hydrogen) atoms. The summed E-state index contributed by atoms with van der Waals surface area (Å²) in [4.78, 5) is 5.66. The molecular weight excluding hydrogens is 313 g/mol. The van der Waals surface area contributed by atoms with Gasteiger partial charge in [0, 0.05) is 37.5 Å². The minimum absolute atomic E-state index is 0.0336. The first-order chi connectivity index (χ1) is 10.4. The highest BCUT2D eigenvalue weighted by Crippen LogP contribution is 2.28. The van der Waals surface area contributed by atoms with Gasteiger partial charge in [0.15, 0.2) is 5.96 Å². The normalized spacial score (nSPS) is 30.8. The maximum Gasteiger partial charge on any atom is 0.401 e. The number of alkyl halides is 3. The zero-order chi connectivity index (χ0) is 16.2. The van der Waals surface area contributed by atoms with E-state index in [4.69, 9.17) is 0 Å². The predicted octanol–water partition coefficient (Wildman–Crippen LogP) is 2.07. The summed E-state index contributed by atoms with van der Waals surface area (Å²) in [6.45, 7) is 0.0691. The van der Waals surface area contributed by atoms with E-state index < -0.39 is 12.7 Å². The van der Waals surface area contributed by atoms with Crippen molar-refractivity contribution < 1.29 is 13.2 Å². The van der Waals surface area contributed by atoms with Gasteiger partial charge in [-0.25, -0.2) is 0 Å². The highest BCUT2D eigenvalue weighted by molar-refractivity contribution is 7.99. The highest BCUT2D eigenvalue weighted by atomic mass is 32.2. The summed E-state index contributed by atoms with van der Waals surface area (Å²) in [5.41, 5.74) is 0. The minimum Gasteiger partial charge on any atom is -0.354 e. The number of guanidine groups is 1. The first-order valence-corrected chi connectivity index (χ1v) is 9.00. The minimum atomic E-state index is -4.12. The zero-order valence-corrected chi connectivity index (χ0v) is 13.9. The number of hydrogen-bond donors (Lipinski definition) is 2. The van der Waals surface area contributed by atoms with Crippen LogP contribution in [0.1, 0.15) is 25.7 Å². The molecule has 0 aromatic heterocycles. The van der Waals surface area contributed by atoms with E-state index in [0.29, 0.717) is 30.3 Å². The van der Waals surface area contributed by atoms with Crippen molar-refractivity contribution in [2.75, 3.05) is 32.9 Å². The number of rotatable bonds is 4. The largest absolute Gasteiger partial charge is 0.401 e. The Morgan fingerprint density at radius 3 is 2.55 bits per heavy atom. The average molecular weight is 338 g/mol. The van der Waals surface area contributed by atoms with E-state index in [0.717, 1.165) is 19.3 Å². The molecule has 4 nitrogen and oxygen atoms in total. The number of halogens is 3. The first kappa shape index (κ1) is 17.7. The maximum absolute atomic E-state index is 12.4. The van der Waals surface area contributed by atoms with Crippen LogP contribution in [-0.4, -0.2) is 67.3 Å². The van der Waals surface area contributed by atoms with Crippen LogP contribution in [-0.2, 0) is 0 Å². The Bertz CT molecular complexity index is 389. The highest BCUT2D eigenvalue weighted by Gasteiger charge is 2.34. The van der Waals surface area contributed by atoms with Crippen molar-refractivity contribution in [3.05, 3.63) is 0 Å². The van der Waals surface area contributed by atoms with Gasteiger partial charge in [0.2, 0.25) is 0 Å². The smallest absolute Gasteiger partial charge is 0.354 e. The van der Waals surface area contributed by atoms with Crippen LogP contribution in [0.2, 0.25) is 0 Å². The molecule has 0 spiro atoms. The van der Waals surface area contributed by atoms with Crippen molar-refractivity contribution in [1.29, 1.82) is 0 Å². The van der Waals surface area contributed by atoms with Gasteiger partial charge in [-0.3, -0.25) is 9.89 Å². The molecule has 3 unspecified atom stereocenters. The molecule has 1 heterocycles. The third-order valence-electron chi connectivity index (χ3n) is 4.30. The Morgan fingerprint density at radius 2 is 1.95 bits per heavy atom. The van der Waals surface area contributed by atoms with E-state index >= 15 is 0 Å². The van der Waals surface area contributed by atoms with Crippen molar-refractivity contribution in [3.8, 4) is 0 Å². The second kappa shape index (κ2) is 7.77. The van der Waals surface area contributed by atoms with E-state index in [9.17, 15) is 13.2 Å². The first-order valence-electron chi connectivity index (χ1n) is 7.71. The Kier molecular flexibility index (Phi) is 6.26. The molecule has 1 saturated heterocycles. The molecule has 3 atom stereocenters. The van der Waals surface area contributed by atoms with Crippen molar-refractivity contribution in [1.82, 2.24) is 15.5 Å². The average Bonchev–Trinajstić information content (AvgIpc) is 3.05. The molecule has 1 aliphatic heterocycles. The summed E-state index contributed by atoms with van der Waals surface area (Å²) in [6.07, 6.45) is 2.18. The molecule has 2 fully saturated rings. The van der Waals surface area contributed by atoms with Crippen molar-refractivity contribution in [3.63, 3.8) is 0 Å². The summed E-state index contributed by atoms with van der Waals surface area (Å²) < 4.78 is 37.2. The number of hydrogen-bond acceptors (Lipinski definition) is 3. The molecule has 1 aliphatic carbocycles. The van der Waals surface area contributed by atoms with Gasteiger partial charge in [0.25, 0.3) is 0 Å². The number of nitrogens with zero attached hydrogens (tertiary/aromatic N) is 2. The molecule has 0 radical (unpaired) electrons. The zero-order valence-electron chi connectivity index (χ0n) is 13.1. The molecule has 2 rings (SSSR count). The predicted molar refractivity (Wildman–Crippen MR) is 85.5 cm³/mol. The Labute approximate surface area is 134 Å². The van der Waals surface area contributed by atoms with E-state index in [-0.39, 0.29) is 6.04 Å². The van der Waals surface area contributed by atoms with Crippen LogP contribution < -0.4 is 10.6 Å². The van der Waals surface area contributed by atoms with E-state index in [2.05, 4.69) is 21.9 Å². The van der Waals surface area contributed by atoms with Crippen LogP contribution in [0.3, 0.4) is 0 Å². The van der Waals surface area contributed by atoms with Crippen LogP contribution in [0, 0.1) is 0 Å². The summed E-state index contributed by atoms with van der Waals surface area (Å²) in [6, 6.07) is 0.447. The van der Waals surface area contributed by atoms with Crippen LogP contribution in [0.15, 0.2) is 4.99 Å². The Morgan fingerprint density at radius 1 is 1.23 bits per heavy atom. The number of likely N-dealkylation sites (tertiary alicyclic amines) is 1. The van der Waals surface area contributed by atoms with Crippen LogP contribution in [0.5, 0.6) is 0 Å². The molecule has 0 aromatic carbocycles. The lowest BCUT2D eigenvalue weighted by molar-refractivity contribution is -0.143. The SMILES string of the molecule is CN=C(NC1CCC(SC)C1)NC1CCN(CC(F)(F)F)C1. The number of thioether (sulfide) groups is 1. The standard InChI is InChI=1S/C14H25F3N4S/c1-18-13(19-10-3-4-12(7-10)22-2)20-11-5-6-21(8-11)9-14(15,16)17/h10-12H,3-9H2,1-2H3,(H2,18,19,20). The van der Waals surface area contributed by atoms with Crippen molar-refractivity contribution >= 4 is 17.7 Å². The van der Waals surface area contributed by atoms with Crippen LogP contribution in [0.25, 0.3) is 0 Å². The molecule has 0 amide bonds. The topological polar surface area (TPSA) is 39.7 Å².